The molecule has 0 saturated carbocycles. The van der Waals surface area contributed by atoms with Gasteiger partial charge >= 0.3 is 6.16 Å². The number of amides is 1. The van der Waals surface area contributed by atoms with Gasteiger partial charge in [0.15, 0.2) is 0 Å². The summed E-state index contributed by atoms with van der Waals surface area (Å²) in [5.41, 5.74) is 2.65. The van der Waals surface area contributed by atoms with E-state index >= 15 is 0 Å². The largest absolute Gasteiger partial charge is 0.506 e. The van der Waals surface area contributed by atoms with Gasteiger partial charge in [0.1, 0.15) is 23.4 Å². The Labute approximate surface area is 222 Å². The quantitative estimate of drug-likeness (QED) is 0.301. The molecule has 1 atom stereocenters. The van der Waals surface area contributed by atoms with Crippen molar-refractivity contribution in [3.05, 3.63) is 85.9 Å². The molecule has 36 heavy (non-hydrogen) atoms. The molecule has 3 aromatic carbocycles. The van der Waals surface area contributed by atoms with E-state index in [1.54, 1.807) is 42.5 Å². The topological polar surface area (TPSA) is 94.1 Å². The standard InChI is InChI=1S/C26H22Cl3NO6/c1-14-10-16(25(31)30-8-6-15-2-4-17(27)11-19(15)28)3-5-21(14)35-24-13-23-18(12-20(24)29)22(7-9-34-23)36-26(32)33/h2-5,10-13,22H,6-9H2,1H3,(H,30,31)(H,32,33). The van der Waals surface area contributed by atoms with Crippen LogP contribution in [-0.4, -0.2) is 30.3 Å². The van der Waals surface area contributed by atoms with E-state index in [2.05, 4.69) is 5.32 Å². The Hall–Kier alpha value is -3.13. The van der Waals surface area contributed by atoms with Crippen molar-refractivity contribution < 1.29 is 28.9 Å². The average Bonchev–Trinajstić information content (AvgIpc) is 2.82. The lowest BCUT2D eigenvalue weighted by Crippen LogP contribution is -2.25. The summed E-state index contributed by atoms with van der Waals surface area (Å²) in [7, 11) is 0. The lowest BCUT2D eigenvalue weighted by molar-refractivity contribution is 0.0326. The van der Waals surface area contributed by atoms with Gasteiger partial charge in [0.05, 0.1) is 11.6 Å². The van der Waals surface area contributed by atoms with E-state index in [9.17, 15) is 9.59 Å². The molecule has 1 amide bonds. The fraction of sp³-hybridized carbons (Fsp3) is 0.231. The summed E-state index contributed by atoms with van der Waals surface area (Å²) in [4.78, 5) is 23.6. The van der Waals surface area contributed by atoms with E-state index in [0.29, 0.717) is 64.4 Å². The molecule has 0 fully saturated rings. The van der Waals surface area contributed by atoms with Crippen LogP contribution in [0.25, 0.3) is 0 Å². The van der Waals surface area contributed by atoms with Crippen LogP contribution in [-0.2, 0) is 11.2 Å². The molecule has 0 aliphatic carbocycles. The van der Waals surface area contributed by atoms with Gasteiger partial charge in [0.2, 0.25) is 0 Å². The molecule has 0 spiro atoms. The lowest BCUT2D eigenvalue weighted by atomic mass is 10.0. The van der Waals surface area contributed by atoms with E-state index in [4.69, 9.17) is 54.1 Å². The summed E-state index contributed by atoms with van der Waals surface area (Å²) >= 11 is 18.5. The molecule has 1 aliphatic heterocycles. The highest BCUT2D eigenvalue weighted by Crippen LogP contribution is 2.42. The summed E-state index contributed by atoms with van der Waals surface area (Å²) in [6, 6.07) is 13.5. The molecule has 0 bridgehead atoms. The molecule has 3 aromatic rings. The van der Waals surface area contributed by atoms with Gasteiger partial charge < -0.3 is 24.6 Å². The summed E-state index contributed by atoms with van der Waals surface area (Å²) in [6.45, 7) is 2.53. The van der Waals surface area contributed by atoms with Gasteiger partial charge in [-0.15, -0.1) is 0 Å². The summed E-state index contributed by atoms with van der Waals surface area (Å²) in [6.07, 6.45) is -1.06. The van der Waals surface area contributed by atoms with Crippen molar-refractivity contribution in [1.82, 2.24) is 5.32 Å². The van der Waals surface area contributed by atoms with Gasteiger partial charge in [-0.1, -0.05) is 40.9 Å². The third-order valence-corrected chi connectivity index (χ3v) is 6.53. The van der Waals surface area contributed by atoms with Gasteiger partial charge in [-0.25, -0.2) is 4.79 Å². The van der Waals surface area contributed by atoms with Crippen LogP contribution in [0.3, 0.4) is 0 Å². The van der Waals surface area contributed by atoms with Gasteiger partial charge in [0.25, 0.3) is 5.91 Å². The number of benzene rings is 3. The molecule has 188 valence electrons. The van der Waals surface area contributed by atoms with Crippen LogP contribution in [0.5, 0.6) is 17.2 Å². The smallest absolute Gasteiger partial charge is 0.493 e. The van der Waals surface area contributed by atoms with E-state index in [1.807, 2.05) is 13.0 Å². The number of aryl methyl sites for hydroxylation is 1. The number of carbonyl (C=O) groups is 2. The van der Waals surface area contributed by atoms with Crippen LogP contribution in [0.2, 0.25) is 15.1 Å². The Morgan fingerprint density at radius 1 is 1.06 bits per heavy atom. The van der Waals surface area contributed by atoms with Crippen molar-refractivity contribution in [2.24, 2.45) is 0 Å². The molecule has 1 unspecified atom stereocenters. The average molecular weight is 551 g/mol. The first-order valence-electron chi connectivity index (χ1n) is 11.1. The molecule has 0 saturated heterocycles. The highest BCUT2D eigenvalue weighted by atomic mass is 35.5. The molecule has 1 aliphatic rings. The number of fused-ring (bicyclic) bond motifs is 1. The van der Waals surface area contributed by atoms with Crippen molar-refractivity contribution >= 4 is 46.9 Å². The predicted molar refractivity (Wildman–Crippen MR) is 137 cm³/mol. The van der Waals surface area contributed by atoms with Crippen molar-refractivity contribution in [2.75, 3.05) is 13.2 Å². The molecular formula is C26H22Cl3NO6. The zero-order valence-electron chi connectivity index (χ0n) is 19.1. The van der Waals surface area contributed by atoms with Crippen LogP contribution < -0.4 is 14.8 Å². The van der Waals surface area contributed by atoms with E-state index in [-0.39, 0.29) is 10.9 Å². The second-order valence-corrected chi connectivity index (χ2v) is 9.40. The van der Waals surface area contributed by atoms with E-state index < -0.39 is 12.3 Å². The molecule has 7 nitrogen and oxygen atoms in total. The first-order valence-corrected chi connectivity index (χ1v) is 12.2. The highest BCUT2D eigenvalue weighted by molar-refractivity contribution is 6.35. The number of hydrogen-bond acceptors (Lipinski definition) is 5. The number of halogens is 3. The monoisotopic (exact) mass is 549 g/mol. The fourth-order valence-electron chi connectivity index (χ4n) is 3.84. The first kappa shape index (κ1) is 25.9. The van der Waals surface area contributed by atoms with Crippen LogP contribution in [0.1, 0.15) is 39.6 Å². The van der Waals surface area contributed by atoms with Gasteiger partial charge in [-0.05, 0) is 60.9 Å². The number of rotatable bonds is 7. The molecular weight excluding hydrogens is 529 g/mol. The van der Waals surface area contributed by atoms with Gasteiger partial charge in [-0.2, -0.15) is 0 Å². The maximum absolute atomic E-state index is 12.6. The van der Waals surface area contributed by atoms with E-state index in [0.717, 1.165) is 11.1 Å². The Balaban J connectivity index is 1.42. The SMILES string of the molecule is Cc1cc(C(=O)NCCc2ccc(Cl)cc2Cl)ccc1Oc1cc2c(cc1Cl)C(OC(=O)O)CCO2. The minimum Gasteiger partial charge on any atom is -0.493 e. The van der Waals surface area contributed by atoms with Gasteiger partial charge in [-0.3, -0.25) is 4.79 Å². The van der Waals surface area contributed by atoms with Crippen LogP contribution in [0, 0.1) is 6.92 Å². The molecule has 0 aromatic heterocycles. The maximum atomic E-state index is 12.6. The number of ether oxygens (including phenoxy) is 3. The minimum absolute atomic E-state index is 0.223. The zero-order valence-corrected chi connectivity index (χ0v) is 21.4. The molecule has 0 radical (unpaired) electrons. The number of hydrogen-bond donors (Lipinski definition) is 2. The third kappa shape index (κ3) is 6.16. The molecule has 4 rings (SSSR count). The molecule has 2 N–H and O–H groups in total. The molecule has 10 heteroatoms. The summed E-state index contributed by atoms with van der Waals surface area (Å²) in [5.74, 6) is 1.07. The Morgan fingerprint density at radius 2 is 1.86 bits per heavy atom. The second kappa shape index (κ2) is 11.3. The molecule has 1 heterocycles. The zero-order chi connectivity index (χ0) is 25.8. The highest BCUT2D eigenvalue weighted by Gasteiger charge is 2.27. The normalized spacial score (nSPS) is 14.4. The van der Waals surface area contributed by atoms with Gasteiger partial charge in [0, 0.05) is 40.2 Å². The van der Waals surface area contributed by atoms with Crippen LogP contribution in [0.4, 0.5) is 4.79 Å². The number of nitrogens with one attached hydrogen (secondary N) is 1. The fourth-order valence-corrected chi connectivity index (χ4v) is 4.55. The summed E-state index contributed by atoms with van der Waals surface area (Å²) in [5, 5.41) is 13.2. The first-order chi connectivity index (χ1) is 17.2. The maximum Gasteiger partial charge on any atom is 0.506 e. The van der Waals surface area contributed by atoms with E-state index in [1.165, 1.54) is 0 Å². The van der Waals surface area contributed by atoms with Crippen molar-refractivity contribution in [1.29, 1.82) is 0 Å². The third-order valence-electron chi connectivity index (χ3n) is 5.64. The Kier molecular flexibility index (Phi) is 8.14. The van der Waals surface area contributed by atoms with Crippen molar-refractivity contribution in [3.8, 4) is 17.2 Å². The van der Waals surface area contributed by atoms with Crippen molar-refractivity contribution in [2.45, 2.75) is 25.9 Å². The second-order valence-electron chi connectivity index (χ2n) is 8.15. The number of carboxylic acid groups (broad SMARTS) is 1. The predicted octanol–water partition coefficient (Wildman–Crippen LogP) is 7.24. The Morgan fingerprint density at radius 3 is 2.58 bits per heavy atom. The Bertz CT molecular complexity index is 1310. The van der Waals surface area contributed by atoms with Crippen LogP contribution in [0.15, 0.2) is 48.5 Å². The number of carbonyl (C=O) groups excluding carboxylic acids is 1. The van der Waals surface area contributed by atoms with Crippen molar-refractivity contribution in [3.63, 3.8) is 0 Å². The van der Waals surface area contributed by atoms with Crippen LogP contribution >= 0.6 is 34.8 Å². The minimum atomic E-state index is -1.36. The summed E-state index contributed by atoms with van der Waals surface area (Å²) < 4.78 is 16.6. The lowest BCUT2D eigenvalue weighted by Gasteiger charge is -2.25.